The number of hydrogen-bond acceptors (Lipinski definition) is 8. The van der Waals surface area contributed by atoms with Crippen LogP contribution in [0.1, 0.15) is 35.7 Å². The Labute approximate surface area is 220 Å². The van der Waals surface area contributed by atoms with Gasteiger partial charge >= 0.3 is 6.18 Å². The fraction of sp³-hybridized carbons (Fsp3) is 0.346. The van der Waals surface area contributed by atoms with Crippen LogP contribution in [0, 0.1) is 5.82 Å². The lowest BCUT2D eigenvalue weighted by Gasteiger charge is -2.30. The number of aromatic nitrogens is 6. The lowest BCUT2D eigenvalue weighted by Crippen LogP contribution is -2.33. The van der Waals surface area contributed by atoms with Crippen molar-refractivity contribution in [2.24, 2.45) is 7.05 Å². The van der Waals surface area contributed by atoms with Crippen LogP contribution in [0.25, 0.3) is 22.8 Å². The Kier molecular flexibility index (Phi) is 6.07. The van der Waals surface area contributed by atoms with E-state index in [9.17, 15) is 13.2 Å². The normalized spacial score (nSPS) is 15.2. The molecule has 1 saturated carbocycles. The second kappa shape index (κ2) is 9.47. The molecular weight excluding hydrogens is 518 g/mol. The zero-order chi connectivity index (χ0) is 27.3. The summed E-state index contributed by atoms with van der Waals surface area (Å²) in [6.07, 6.45) is 1.35. The van der Waals surface area contributed by atoms with Crippen molar-refractivity contribution in [1.29, 1.82) is 0 Å². The molecule has 0 spiro atoms. The highest BCUT2D eigenvalue weighted by molar-refractivity contribution is 5.69. The first-order chi connectivity index (χ1) is 18.7. The SMILES string of the molecule is COc1ncnc(C2CC2)c1-c1ncc2c(n1)N(Cc1ccc(-c3nc(C(F)(F)F)cn3C)cc1F)CCO2. The summed E-state index contributed by atoms with van der Waals surface area (Å²) in [5, 5.41) is 0. The van der Waals surface area contributed by atoms with E-state index in [1.54, 1.807) is 18.3 Å². The molecule has 0 amide bonds. The molecule has 0 radical (unpaired) electrons. The minimum Gasteiger partial charge on any atom is -0.486 e. The standard InChI is InChI=1S/C26H23F4N7O2/c1-36-12-19(26(28,29)30)34-23(36)15-5-6-16(17(27)9-15)11-37-7-8-39-18-10-31-22(35-24(18)37)20-21(14-3-4-14)32-13-33-25(20)38-2/h5-6,9-10,12-14H,3-4,7-8,11H2,1-2H3. The van der Waals surface area contributed by atoms with E-state index in [-0.39, 0.29) is 17.9 Å². The van der Waals surface area contributed by atoms with Crippen LogP contribution in [-0.2, 0) is 19.8 Å². The minimum absolute atomic E-state index is 0.0207. The summed E-state index contributed by atoms with van der Waals surface area (Å²) in [7, 11) is 2.96. The van der Waals surface area contributed by atoms with Gasteiger partial charge in [-0.1, -0.05) is 12.1 Å². The van der Waals surface area contributed by atoms with Gasteiger partial charge < -0.3 is 18.9 Å². The Morgan fingerprint density at radius 2 is 1.95 bits per heavy atom. The topological polar surface area (TPSA) is 91.1 Å². The fourth-order valence-electron chi connectivity index (χ4n) is 4.64. The summed E-state index contributed by atoms with van der Waals surface area (Å²) >= 11 is 0. The fourth-order valence-corrected chi connectivity index (χ4v) is 4.64. The molecule has 1 aromatic carbocycles. The average molecular weight is 542 g/mol. The van der Waals surface area contributed by atoms with Crippen LogP contribution in [0.2, 0.25) is 0 Å². The number of benzene rings is 1. The van der Waals surface area contributed by atoms with Gasteiger partial charge in [0.25, 0.3) is 0 Å². The van der Waals surface area contributed by atoms with Crippen molar-refractivity contribution in [1.82, 2.24) is 29.5 Å². The number of ether oxygens (including phenoxy) is 2. The van der Waals surface area contributed by atoms with E-state index in [1.807, 2.05) is 4.90 Å². The third kappa shape index (κ3) is 4.72. The van der Waals surface area contributed by atoms with Crippen molar-refractivity contribution >= 4 is 5.82 Å². The van der Waals surface area contributed by atoms with Gasteiger partial charge in [0.1, 0.15) is 30.1 Å². The average Bonchev–Trinajstić information content (AvgIpc) is 3.69. The summed E-state index contributed by atoms with van der Waals surface area (Å²) in [6.45, 7) is 0.954. The number of hydrogen-bond donors (Lipinski definition) is 0. The molecule has 0 bridgehead atoms. The first-order valence-electron chi connectivity index (χ1n) is 12.3. The maximum atomic E-state index is 15.2. The van der Waals surface area contributed by atoms with Crippen LogP contribution >= 0.6 is 0 Å². The summed E-state index contributed by atoms with van der Waals surface area (Å²) in [6, 6.07) is 4.30. The summed E-state index contributed by atoms with van der Waals surface area (Å²) in [4.78, 5) is 23.5. The molecular formula is C26H23F4N7O2. The third-order valence-electron chi connectivity index (χ3n) is 6.72. The van der Waals surface area contributed by atoms with Gasteiger partial charge in [-0.05, 0) is 18.9 Å². The molecule has 0 saturated heterocycles. The van der Waals surface area contributed by atoms with Gasteiger partial charge in [0, 0.05) is 36.8 Å². The van der Waals surface area contributed by atoms with Gasteiger partial charge in [-0.3, -0.25) is 0 Å². The van der Waals surface area contributed by atoms with E-state index >= 15 is 4.39 Å². The van der Waals surface area contributed by atoms with E-state index in [0.29, 0.717) is 53.5 Å². The van der Waals surface area contributed by atoms with Crippen molar-refractivity contribution in [3.8, 4) is 34.4 Å². The molecule has 39 heavy (non-hydrogen) atoms. The molecule has 1 aliphatic heterocycles. The number of nitrogens with zero attached hydrogens (tertiary/aromatic N) is 7. The molecule has 0 N–H and O–H groups in total. The number of imidazole rings is 1. The van der Waals surface area contributed by atoms with Crippen molar-refractivity contribution in [2.75, 3.05) is 25.2 Å². The molecule has 1 fully saturated rings. The van der Waals surface area contributed by atoms with E-state index in [2.05, 4.69) is 19.9 Å². The predicted octanol–water partition coefficient (Wildman–Crippen LogP) is 4.78. The molecule has 0 atom stereocenters. The number of fused-ring (bicyclic) bond motifs is 1. The number of rotatable bonds is 6. The number of alkyl halides is 3. The molecule has 0 unspecified atom stereocenters. The smallest absolute Gasteiger partial charge is 0.434 e. The number of methoxy groups -OCH3 is 1. The maximum Gasteiger partial charge on any atom is 0.434 e. The van der Waals surface area contributed by atoms with Crippen LogP contribution in [0.4, 0.5) is 23.4 Å². The Balaban J connectivity index is 1.31. The van der Waals surface area contributed by atoms with Crippen LogP contribution in [0.15, 0.2) is 36.9 Å². The highest BCUT2D eigenvalue weighted by Gasteiger charge is 2.35. The van der Waals surface area contributed by atoms with E-state index < -0.39 is 17.7 Å². The van der Waals surface area contributed by atoms with E-state index in [0.717, 1.165) is 24.7 Å². The minimum atomic E-state index is -4.59. The van der Waals surface area contributed by atoms with Crippen molar-refractivity contribution in [3.05, 3.63) is 59.7 Å². The second-order valence-electron chi connectivity index (χ2n) is 9.43. The van der Waals surface area contributed by atoms with Crippen molar-refractivity contribution < 1.29 is 27.0 Å². The predicted molar refractivity (Wildman–Crippen MR) is 132 cm³/mol. The van der Waals surface area contributed by atoms with Crippen LogP contribution in [0.3, 0.4) is 0 Å². The van der Waals surface area contributed by atoms with E-state index in [1.165, 1.54) is 31.1 Å². The van der Waals surface area contributed by atoms with Crippen molar-refractivity contribution in [2.45, 2.75) is 31.5 Å². The largest absolute Gasteiger partial charge is 0.486 e. The zero-order valence-electron chi connectivity index (χ0n) is 21.0. The third-order valence-corrected chi connectivity index (χ3v) is 6.72. The van der Waals surface area contributed by atoms with Gasteiger partial charge in [-0.15, -0.1) is 0 Å². The Morgan fingerprint density at radius 3 is 2.64 bits per heavy atom. The molecule has 2 aliphatic rings. The zero-order valence-corrected chi connectivity index (χ0v) is 21.0. The number of aryl methyl sites for hydroxylation is 1. The van der Waals surface area contributed by atoms with Crippen molar-refractivity contribution in [3.63, 3.8) is 0 Å². The van der Waals surface area contributed by atoms with Crippen LogP contribution in [0.5, 0.6) is 11.6 Å². The summed E-state index contributed by atoms with van der Waals surface area (Å²) in [5.74, 6) is 1.45. The lowest BCUT2D eigenvalue weighted by atomic mass is 10.1. The number of anilines is 1. The monoisotopic (exact) mass is 541 g/mol. The molecule has 13 heteroatoms. The molecule has 1 aliphatic carbocycles. The Hall–Kier alpha value is -4.29. The molecule has 4 aromatic rings. The van der Waals surface area contributed by atoms with Crippen LogP contribution < -0.4 is 14.4 Å². The first kappa shape index (κ1) is 25.0. The lowest BCUT2D eigenvalue weighted by molar-refractivity contribution is -0.140. The summed E-state index contributed by atoms with van der Waals surface area (Å²) in [5.41, 5.74) is 1.01. The number of halogens is 4. The molecule has 6 rings (SSSR count). The highest BCUT2D eigenvalue weighted by Crippen LogP contribution is 2.45. The molecule has 3 aromatic heterocycles. The second-order valence-corrected chi connectivity index (χ2v) is 9.43. The maximum absolute atomic E-state index is 15.2. The van der Waals surface area contributed by atoms with Gasteiger partial charge in [0.05, 0.1) is 25.5 Å². The Morgan fingerprint density at radius 1 is 1.13 bits per heavy atom. The summed E-state index contributed by atoms with van der Waals surface area (Å²) < 4.78 is 66.9. The van der Waals surface area contributed by atoms with Gasteiger partial charge in [0.15, 0.2) is 23.1 Å². The molecule has 9 nitrogen and oxygen atoms in total. The quantitative estimate of drug-likeness (QED) is 0.322. The molecule has 202 valence electrons. The highest BCUT2D eigenvalue weighted by atomic mass is 19.4. The van der Waals surface area contributed by atoms with Gasteiger partial charge in [-0.25, -0.2) is 29.3 Å². The van der Waals surface area contributed by atoms with Gasteiger partial charge in [0.2, 0.25) is 5.88 Å². The molecule has 4 heterocycles. The van der Waals surface area contributed by atoms with Gasteiger partial charge in [-0.2, -0.15) is 13.2 Å². The van der Waals surface area contributed by atoms with Crippen LogP contribution in [-0.4, -0.2) is 49.7 Å². The first-order valence-corrected chi connectivity index (χ1v) is 12.3. The van der Waals surface area contributed by atoms with E-state index in [4.69, 9.17) is 14.5 Å². The Bertz CT molecular complexity index is 1550.